The van der Waals surface area contributed by atoms with E-state index in [1.807, 2.05) is 25.1 Å². The van der Waals surface area contributed by atoms with Crippen LogP contribution in [0.4, 0.5) is 9.52 Å². The number of ketones is 1. The predicted octanol–water partition coefficient (Wildman–Crippen LogP) is 7.54. The Bertz CT molecular complexity index is 1850. The molecule has 7 nitrogen and oxygen atoms in total. The van der Waals surface area contributed by atoms with Crippen molar-refractivity contribution in [1.82, 2.24) is 10.2 Å². The van der Waals surface area contributed by atoms with E-state index in [9.17, 15) is 19.1 Å². The van der Waals surface area contributed by atoms with Gasteiger partial charge in [-0.2, -0.15) is 0 Å². The Morgan fingerprint density at radius 3 is 2.58 bits per heavy atom. The smallest absolute Gasteiger partial charge is 0.301 e. The number of hydrogen-bond acceptors (Lipinski definition) is 8. The fourth-order valence-corrected chi connectivity index (χ4v) is 6.89. The summed E-state index contributed by atoms with van der Waals surface area (Å²) in [7, 11) is 0. The van der Waals surface area contributed by atoms with Gasteiger partial charge in [0, 0.05) is 11.3 Å². The van der Waals surface area contributed by atoms with Crippen molar-refractivity contribution in [3.05, 3.63) is 119 Å². The maximum absolute atomic E-state index is 13.6. The van der Waals surface area contributed by atoms with Gasteiger partial charge in [0.25, 0.3) is 5.78 Å². The second-order valence-electron chi connectivity index (χ2n) is 9.87. The van der Waals surface area contributed by atoms with Crippen LogP contribution in [-0.4, -0.2) is 33.6 Å². The molecule has 0 bridgehead atoms. The number of nitrogens with zero attached hydrogens (tertiary/aromatic N) is 3. The number of ether oxygens (including phenoxy) is 1. The molecular weight excluding hydrogens is 586 g/mol. The SMILES string of the molecule is CCCOc1cccc(C2/C(=C(\O)c3ccc(F)cc3)C(=O)C(=O)N2c2nnc(SCc3cccc4ccccc34)s2)c1. The van der Waals surface area contributed by atoms with E-state index in [1.165, 1.54) is 52.3 Å². The Balaban J connectivity index is 1.37. The van der Waals surface area contributed by atoms with Gasteiger partial charge >= 0.3 is 5.91 Å². The second-order valence-corrected chi connectivity index (χ2v) is 12.1. The minimum Gasteiger partial charge on any atom is -0.507 e. The van der Waals surface area contributed by atoms with Crippen LogP contribution in [0.15, 0.2) is 101 Å². The average Bonchev–Trinajstić information content (AvgIpc) is 3.60. The highest BCUT2D eigenvalue weighted by Gasteiger charge is 2.48. The molecule has 1 aliphatic heterocycles. The summed E-state index contributed by atoms with van der Waals surface area (Å²) < 4.78 is 20.1. The molecule has 1 atom stereocenters. The van der Waals surface area contributed by atoms with E-state index in [1.54, 1.807) is 24.3 Å². The van der Waals surface area contributed by atoms with Crippen LogP contribution in [0, 0.1) is 5.82 Å². The molecule has 0 saturated carbocycles. The number of halogens is 1. The van der Waals surface area contributed by atoms with Gasteiger partial charge in [0.1, 0.15) is 17.3 Å². The lowest BCUT2D eigenvalue weighted by molar-refractivity contribution is -0.132. The first-order valence-electron chi connectivity index (χ1n) is 13.7. The first-order valence-corrected chi connectivity index (χ1v) is 15.5. The summed E-state index contributed by atoms with van der Waals surface area (Å²) in [4.78, 5) is 28.3. The third-order valence-corrected chi connectivity index (χ3v) is 9.15. The van der Waals surface area contributed by atoms with Crippen molar-refractivity contribution < 1.29 is 23.8 Å². The largest absolute Gasteiger partial charge is 0.507 e. The lowest BCUT2D eigenvalue weighted by atomic mass is 9.95. The van der Waals surface area contributed by atoms with E-state index in [4.69, 9.17) is 4.74 Å². The summed E-state index contributed by atoms with van der Waals surface area (Å²) in [5, 5.41) is 22.4. The summed E-state index contributed by atoms with van der Waals surface area (Å²) in [5.74, 6) is -1.39. The molecule has 10 heteroatoms. The fourth-order valence-electron chi connectivity index (χ4n) is 5.02. The zero-order chi connectivity index (χ0) is 29.9. The lowest BCUT2D eigenvalue weighted by Gasteiger charge is -2.23. The number of benzene rings is 4. The summed E-state index contributed by atoms with van der Waals surface area (Å²) in [6, 6.07) is 25.5. The van der Waals surface area contributed by atoms with Crippen molar-refractivity contribution in [1.29, 1.82) is 0 Å². The third kappa shape index (κ3) is 5.76. The third-order valence-electron chi connectivity index (χ3n) is 7.04. The molecule has 1 aliphatic rings. The van der Waals surface area contributed by atoms with Crippen LogP contribution in [0.3, 0.4) is 0 Å². The maximum atomic E-state index is 13.6. The molecule has 1 N–H and O–H groups in total. The van der Waals surface area contributed by atoms with Crippen molar-refractivity contribution in [3.8, 4) is 5.75 Å². The van der Waals surface area contributed by atoms with Gasteiger partial charge < -0.3 is 9.84 Å². The van der Waals surface area contributed by atoms with Crippen LogP contribution in [0.25, 0.3) is 16.5 Å². The number of rotatable bonds is 9. The number of aliphatic hydroxyl groups excluding tert-OH is 1. The van der Waals surface area contributed by atoms with E-state index in [0.29, 0.717) is 28.0 Å². The predicted molar refractivity (Wildman–Crippen MR) is 167 cm³/mol. The first-order chi connectivity index (χ1) is 20.9. The van der Waals surface area contributed by atoms with Gasteiger partial charge in [-0.05, 0) is 64.7 Å². The van der Waals surface area contributed by atoms with Crippen LogP contribution >= 0.6 is 23.1 Å². The first kappa shape index (κ1) is 28.6. The zero-order valence-electron chi connectivity index (χ0n) is 23.1. The van der Waals surface area contributed by atoms with Gasteiger partial charge in [0.15, 0.2) is 4.34 Å². The quantitative estimate of drug-likeness (QED) is 0.0605. The van der Waals surface area contributed by atoms with Crippen LogP contribution in [-0.2, 0) is 15.3 Å². The monoisotopic (exact) mass is 611 g/mol. The van der Waals surface area contributed by atoms with Crippen molar-refractivity contribution in [2.75, 3.05) is 11.5 Å². The Labute approximate surface area is 255 Å². The Morgan fingerprint density at radius 2 is 1.77 bits per heavy atom. The maximum Gasteiger partial charge on any atom is 0.301 e. The topological polar surface area (TPSA) is 92.6 Å². The number of Topliss-reactive ketones (excluding diaryl/α,β-unsaturated/α-hetero) is 1. The highest BCUT2D eigenvalue weighted by atomic mass is 32.2. The molecule has 1 fully saturated rings. The van der Waals surface area contributed by atoms with Crippen molar-refractivity contribution in [2.24, 2.45) is 0 Å². The van der Waals surface area contributed by atoms with Gasteiger partial charge in [-0.1, -0.05) is 84.6 Å². The summed E-state index contributed by atoms with van der Waals surface area (Å²) >= 11 is 2.69. The fraction of sp³-hybridized carbons (Fsp3) is 0.152. The van der Waals surface area contributed by atoms with Gasteiger partial charge in [-0.3, -0.25) is 14.5 Å². The molecule has 2 heterocycles. The zero-order valence-corrected chi connectivity index (χ0v) is 24.7. The van der Waals surface area contributed by atoms with E-state index in [2.05, 4.69) is 34.5 Å². The van der Waals surface area contributed by atoms with Gasteiger partial charge in [0.05, 0.1) is 18.2 Å². The standard InChI is InChI=1S/C33H26FN3O4S2/c1-2-17-41-25-11-6-9-22(18-25)28-27(29(38)21-13-15-24(34)16-14-21)30(39)31(40)37(28)32-35-36-33(43-32)42-19-23-10-5-8-20-7-3-4-12-26(20)23/h3-16,18,28,38H,2,17,19H2,1H3/b29-27+. The summed E-state index contributed by atoms with van der Waals surface area (Å²) in [5.41, 5.74) is 1.79. The molecule has 216 valence electrons. The molecule has 6 rings (SSSR count). The van der Waals surface area contributed by atoms with Crippen LogP contribution < -0.4 is 9.64 Å². The average molecular weight is 612 g/mol. The number of fused-ring (bicyclic) bond motifs is 1. The molecule has 0 radical (unpaired) electrons. The van der Waals surface area contributed by atoms with Crippen molar-refractivity contribution in [2.45, 2.75) is 29.5 Å². The van der Waals surface area contributed by atoms with Gasteiger partial charge in [0.2, 0.25) is 5.13 Å². The normalized spacial score (nSPS) is 16.2. The number of anilines is 1. The minimum atomic E-state index is -1.00. The molecule has 1 saturated heterocycles. The van der Waals surface area contributed by atoms with Gasteiger partial charge in [-0.25, -0.2) is 4.39 Å². The molecular formula is C33H26FN3O4S2. The molecule has 5 aromatic rings. The minimum absolute atomic E-state index is 0.121. The number of aromatic nitrogens is 2. The van der Waals surface area contributed by atoms with Crippen molar-refractivity contribution >= 4 is 56.5 Å². The molecule has 4 aromatic carbocycles. The molecule has 43 heavy (non-hydrogen) atoms. The lowest BCUT2D eigenvalue weighted by Crippen LogP contribution is -2.29. The highest BCUT2D eigenvalue weighted by molar-refractivity contribution is 8.00. The number of aliphatic hydroxyl groups is 1. The second kappa shape index (κ2) is 12.4. The Hall–Kier alpha value is -4.54. The summed E-state index contributed by atoms with van der Waals surface area (Å²) in [6.45, 7) is 2.49. The van der Waals surface area contributed by atoms with Gasteiger partial charge in [-0.15, -0.1) is 10.2 Å². The van der Waals surface area contributed by atoms with E-state index < -0.39 is 29.3 Å². The van der Waals surface area contributed by atoms with E-state index in [0.717, 1.165) is 22.8 Å². The molecule has 0 aliphatic carbocycles. The van der Waals surface area contributed by atoms with Crippen LogP contribution in [0.1, 0.15) is 36.1 Å². The molecule has 1 aromatic heterocycles. The molecule has 1 amide bonds. The number of carbonyl (C=O) groups excluding carboxylic acids is 2. The van der Waals surface area contributed by atoms with Crippen molar-refractivity contribution in [3.63, 3.8) is 0 Å². The van der Waals surface area contributed by atoms with E-state index in [-0.39, 0.29) is 16.3 Å². The molecule has 0 spiro atoms. The van der Waals surface area contributed by atoms with E-state index >= 15 is 0 Å². The number of carbonyl (C=O) groups is 2. The highest BCUT2D eigenvalue weighted by Crippen LogP contribution is 2.44. The number of hydrogen-bond donors (Lipinski definition) is 1. The number of thioether (sulfide) groups is 1. The number of amides is 1. The molecule has 1 unspecified atom stereocenters. The Kier molecular flexibility index (Phi) is 8.22. The Morgan fingerprint density at radius 1 is 1.00 bits per heavy atom. The van der Waals surface area contributed by atoms with Crippen LogP contribution in [0.2, 0.25) is 0 Å². The summed E-state index contributed by atoms with van der Waals surface area (Å²) in [6.07, 6.45) is 0.803. The van der Waals surface area contributed by atoms with Crippen LogP contribution in [0.5, 0.6) is 5.75 Å².